The molecule has 128 valence electrons. The third-order valence-electron chi connectivity index (χ3n) is 4.11. The molecule has 0 radical (unpaired) electrons. The molecule has 1 aliphatic heterocycles. The summed E-state index contributed by atoms with van der Waals surface area (Å²) in [5.41, 5.74) is 0. The first-order chi connectivity index (χ1) is 11.2. The van der Waals surface area contributed by atoms with Crippen LogP contribution in [0.15, 0.2) is 22.0 Å². The zero-order valence-electron chi connectivity index (χ0n) is 13.8. The second-order valence-corrected chi connectivity index (χ2v) is 8.24. The maximum Gasteiger partial charge on any atom is 0.244 e. The van der Waals surface area contributed by atoms with Crippen molar-refractivity contribution in [1.29, 1.82) is 0 Å². The van der Waals surface area contributed by atoms with E-state index in [1.807, 2.05) is 18.2 Å². The summed E-state index contributed by atoms with van der Waals surface area (Å²) in [4.78, 5) is 17.8. The first-order valence-electron chi connectivity index (χ1n) is 8.33. The number of unbranched alkanes of at least 4 members (excludes halogenated alkanes) is 1. The zero-order chi connectivity index (χ0) is 16.5. The fourth-order valence-electron chi connectivity index (χ4n) is 2.64. The lowest BCUT2D eigenvalue weighted by atomic mass is 10.2. The second kappa shape index (κ2) is 10.2. The smallest absolute Gasteiger partial charge is 0.244 e. The van der Waals surface area contributed by atoms with Gasteiger partial charge in [0.1, 0.15) is 0 Å². The van der Waals surface area contributed by atoms with E-state index < -0.39 is 0 Å². The molecule has 1 saturated heterocycles. The number of nitrogens with one attached hydrogen (secondary N) is 1. The Kier molecular flexibility index (Phi) is 8.30. The van der Waals surface area contributed by atoms with E-state index in [1.54, 1.807) is 17.4 Å². The molecule has 1 N–H and O–H groups in total. The zero-order valence-corrected chi connectivity index (χ0v) is 16.2. The van der Waals surface area contributed by atoms with Crippen LogP contribution in [0.2, 0.25) is 0 Å². The van der Waals surface area contributed by atoms with E-state index in [0.717, 1.165) is 41.1 Å². The molecule has 6 heteroatoms. The SMILES string of the molecule is CCN1CCN(CCCCNC(=O)C=Cc2ccc(Br)s2)CC1. The third-order valence-corrected chi connectivity index (χ3v) is 5.69. The minimum absolute atomic E-state index is 0.00826. The highest BCUT2D eigenvalue weighted by molar-refractivity contribution is 9.11. The number of likely N-dealkylation sites (N-methyl/N-ethyl adjacent to an activating group) is 1. The molecule has 4 nitrogen and oxygen atoms in total. The molecule has 2 rings (SSSR count). The highest BCUT2D eigenvalue weighted by Crippen LogP contribution is 2.22. The third kappa shape index (κ3) is 7.16. The molecule has 0 bridgehead atoms. The number of piperazine rings is 1. The normalized spacial score (nSPS) is 17.0. The van der Waals surface area contributed by atoms with Crippen molar-refractivity contribution in [2.24, 2.45) is 0 Å². The molecule has 2 heterocycles. The molecule has 0 atom stereocenters. The average molecular weight is 400 g/mol. The Morgan fingerprint density at radius 2 is 2.00 bits per heavy atom. The molecule has 0 aliphatic carbocycles. The Bertz CT molecular complexity index is 510. The summed E-state index contributed by atoms with van der Waals surface area (Å²) in [5, 5.41) is 2.95. The first-order valence-corrected chi connectivity index (χ1v) is 9.94. The molecule has 0 aromatic carbocycles. The summed E-state index contributed by atoms with van der Waals surface area (Å²) in [6, 6.07) is 3.99. The van der Waals surface area contributed by atoms with Gasteiger partial charge in [0, 0.05) is 43.7 Å². The molecule has 0 spiro atoms. The van der Waals surface area contributed by atoms with Gasteiger partial charge < -0.3 is 15.1 Å². The fourth-order valence-corrected chi connectivity index (χ4v) is 3.96. The highest BCUT2D eigenvalue weighted by Gasteiger charge is 2.14. The van der Waals surface area contributed by atoms with Crippen molar-refractivity contribution in [3.63, 3.8) is 0 Å². The Balaban J connectivity index is 1.52. The van der Waals surface area contributed by atoms with Gasteiger partial charge in [-0.2, -0.15) is 0 Å². The van der Waals surface area contributed by atoms with Gasteiger partial charge in [-0.15, -0.1) is 11.3 Å². The summed E-state index contributed by atoms with van der Waals surface area (Å²) >= 11 is 5.04. The van der Waals surface area contributed by atoms with Gasteiger partial charge in [0.05, 0.1) is 3.79 Å². The van der Waals surface area contributed by atoms with Crippen LogP contribution in [0.1, 0.15) is 24.6 Å². The predicted octanol–water partition coefficient (Wildman–Crippen LogP) is 3.06. The second-order valence-electron chi connectivity index (χ2n) is 5.75. The van der Waals surface area contributed by atoms with Crippen LogP contribution >= 0.6 is 27.3 Å². The van der Waals surface area contributed by atoms with Crippen LogP contribution in [-0.4, -0.2) is 61.5 Å². The lowest BCUT2D eigenvalue weighted by molar-refractivity contribution is -0.116. The predicted molar refractivity (Wildman–Crippen MR) is 102 cm³/mol. The van der Waals surface area contributed by atoms with Gasteiger partial charge in [-0.05, 0) is 60.1 Å². The van der Waals surface area contributed by atoms with Crippen molar-refractivity contribution in [1.82, 2.24) is 15.1 Å². The van der Waals surface area contributed by atoms with E-state index in [4.69, 9.17) is 0 Å². The topological polar surface area (TPSA) is 35.6 Å². The molecular weight excluding hydrogens is 374 g/mol. The molecule has 1 aromatic rings. The fraction of sp³-hybridized carbons (Fsp3) is 0.588. The van der Waals surface area contributed by atoms with Crippen LogP contribution in [0.25, 0.3) is 6.08 Å². The highest BCUT2D eigenvalue weighted by atomic mass is 79.9. The summed E-state index contributed by atoms with van der Waals surface area (Å²) in [6.45, 7) is 10.0. The van der Waals surface area contributed by atoms with E-state index in [1.165, 1.54) is 26.2 Å². The Hall–Kier alpha value is -0.690. The van der Waals surface area contributed by atoms with Gasteiger partial charge in [-0.1, -0.05) is 6.92 Å². The van der Waals surface area contributed by atoms with Crippen LogP contribution in [0.5, 0.6) is 0 Å². The number of hydrogen-bond donors (Lipinski definition) is 1. The number of rotatable bonds is 8. The van der Waals surface area contributed by atoms with E-state index in [2.05, 4.69) is 38.0 Å². The number of carbonyl (C=O) groups is 1. The van der Waals surface area contributed by atoms with Gasteiger partial charge in [0.15, 0.2) is 0 Å². The number of nitrogens with zero attached hydrogens (tertiary/aromatic N) is 2. The summed E-state index contributed by atoms with van der Waals surface area (Å²) < 4.78 is 1.08. The minimum atomic E-state index is -0.00826. The van der Waals surface area contributed by atoms with Crippen molar-refractivity contribution in [3.05, 3.63) is 26.9 Å². The lowest BCUT2D eigenvalue weighted by Gasteiger charge is -2.33. The van der Waals surface area contributed by atoms with Crippen LogP contribution in [0, 0.1) is 0 Å². The Morgan fingerprint density at radius 1 is 1.26 bits per heavy atom. The van der Waals surface area contributed by atoms with Gasteiger partial charge >= 0.3 is 0 Å². The van der Waals surface area contributed by atoms with Crippen molar-refractivity contribution in [3.8, 4) is 0 Å². The number of hydrogen-bond acceptors (Lipinski definition) is 4. The Labute approximate surface area is 151 Å². The van der Waals surface area contributed by atoms with Gasteiger partial charge in [-0.25, -0.2) is 0 Å². The lowest BCUT2D eigenvalue weighted by Crippen LogP contribution is -2.46. The number of amides is 1. The average Bonchev–Trinajstić information content (AvgIpc) is 2.98. The minimum Gasteiger partial charge on any atom is -0.353 e. The monoisotopic (exact) mass is 399 g/mol. The molecule has 1 amide bonds. The maximum atomic E-state index is 11.7. The van der Waals surface area contributed by atoms with Crippen LogP contribution in [0.4, 0.5) is 0 Å². The molecule has 1 aromatic heterocycles. The van der Waals surface area contributed by atoms with Crippen molar-refractivity contribution in [2.75, 3.05) is 45.8 Å². The molecular formula is C17H26BrN3OS. The van der Waals surface area contributed by atoms with Crippen LogP contribution < -0.4 is 5.32 Å². The maximum absolute atomic E-state index is 11.7. The van der Waals surface area contributed by atoms with Crippen molar-refractivity contribution < 1.29 is 4.79 Å². The largest absolute Gasteiger partial charge is 0.353 e. The van der Waals surface area contributed by atoms with Crippen molar-refractivity contribution in [2.45, 2.75) is 19.8 Å². The number of carbonyl (C=O) groups excluding carboxylic acids is 1. The molecule has 1 fully saturated rings. The quantitative estimate of drug-likeness (QED) is 0.538. The van der Waals surface area contributed by atoms with Crippen LogP contribution in [0.3, 0.4) is 0 Å². The van der Waals surface area contributed by atoms with E-state index in [9.17, 15) is 4.79 Å². The van der Waals surface area contributed by atoms with E-state index in [0.29, 0.717) is 0 Å². The van der Waals surface area contributed by atoms with Gasteiger partial charge in [0.25, 0.3) is 0 Å². The van der Waals surface area contributed by atoms with Crippen molar-refractivity contribution >= 4 is 39.2 Å². The molecule has 1 aliphatic rings. The molecule has 0 saturated carbocycles. The molecule has 23 heavy (non-hydrogen) atoms. The summed E-state index contributed by atoms with van der Waals surface area (Å²) in [7, 11) is 0. The number of halogens is 1. The summed E-state index contributed by atoms with van der Waals surface area (Å²) in [5.74, 6) is -0.00826. The van der Waals surface area contributed by atoms with Crippen LogP contribution in [-0.2, 0) is 4.79 Å². The Morgan fingerprint density at radius 3 is 2.65 bits per heavy atom. The summed E-state index contributed by atoms with van der Waals surface area (Å²) in [6.07, 6.45) is 5.66. The number of thiophene rings is 1. The first kappa shape index (κ1) is 18.6. The van der Waals surface area contributed by atoms with Gasteiger partial charge in [0.2, 0.25) is 5.91 Å². The van der Waals surface area contributed by atoms with E-state index >= 15 is 0 Å². The standard InChI is InChI=1S/C17H26BrN3OS/c1-2-20-11-13-21(14-12-20)10-4-3-9-19-17(22)8-6-15-5-7-16(18)23-15/h5-8H,2-4,9-14H2,1H3,(H,19,22). The van der Waals surface area contributed by atoms with E-state index in [-0.39, 0.29) is 5.91 Å². The van der Waals surface area contributed by atoms with Gasteiger partial charge in [-0.3, -0.25) is 4.79 Å². The molecule has 0 unspecified atom stereocenters.